The molecule has 4 rings (SSSR count). The highest BCUT2D eigenvalue weighted by atomic mass is 35.5. The molecule has 1 saturated carbocycles. The number of carboxylic acid groups (broad SMARTS) is 1. The van der Waals surface area contributed by atoms with E-state index < -0.39 is 81.1 Å². The Bertz CT molecular complexity index is 1480. The number of nitriles is 1. The first-order valence-electron chi connectivity index (χ1n) is 10.4. The highest BCUT2D eigenvalue weighted by Crippen LogP contribution is 2.71. The molecule has 1 N–H and O–H groups in total. The third-order valence-electron chi connectivity index (χ3n) is 5.95. The number of hydrogen-bond acceptors (Lipinski definition) is 4. The molecule has 1 atom stereocenters. The molecule has 0 spiro atoms. The quantitative estimate of drug-likeness (QED) is 0.319. The Hall–Kier alpha value is -3.64. The molecule has 0 aliphatic heterocycles. The SMILES string of the molecule is N#Cc1nn(-c2c(Cl)cc(C(F)(F)F)cc2Cl)c(N(Cc2ccccn2)C(=O)O)c1C1(C(F)(F)F)CC1(F)F. The molecule has 206 valence electrons. The van der Waals surface area contributed by atoms with E-state index in [9.17, 15) is 50.3 Å². The van der Waals surface area contributed by atoms with Gasteiger partial charge in [-0.25, -0.2) is 18.3 Å². The van der Waals surface area contributed by atoms with Gasteiger partial charge in [-0.1, -0.05) is 29.3 Å². The summed E-state index contributed by atoms with van der Waals surface area (Å²) in [4.78, 5) is 16.4. The number of rotatable bonds is 5. The second-order valence-electron chi connectivity index (χ2n) is 8.33. The van der Waals surface area contributed by atoms with Crippen LogP contribution in [-0.2, 0) is 18.1 Å². The number of anilines is 1. The fraction of sp³-hybridized carbons (Fsp3) is 0.273. The maximum absolute atomic E-state index is 14.6. The van der Waals surface area contributed by atoms with Crippen LogP contribution < -0.4 is 4.90 Å². The number of hydrogen-bond donors (Lipinski definition) is 1. The normalized spacial score (nSPS) is 18.5. The van der Waals surface area contributed by atoms with Crippen molar-refractivity contribution in [2.45, 2.75) is 36.7 Å². The van der Waals surface area contributed by atoms with Gasteiger partial charge in [-0.3, -0.25) is 9.88 Å². The van der Waals surface area contributed by atoms with Gasteiger partial charge < -0.3 is 5.11 Å². The van der Waals surface area contributed by atoms with Gasteiger partial charge in [0.2, 0.25) is 0 Å². The number of halogens is 10. The van der Waals surface area contributed by atoms with E-state index in [0.717, 1.165) is 0 Å². The zero-order valence-corrected chi connectivity index (χ0v) is 20.3. The fourth-order valence-electron chi connectivity index (χ4n) is 4.11. The first-order chi connectivity index (χ1) is 18.0. The minimum Gasteiger partial charge on any atom is -0.465 e. The van der Waals surface area contributed by atoms with Crippen LogP contribution in [0.4, 0.5) is 45.7 Å². The maximum Gasteiger partial charge on any atom is 0.416 e. The Morgan fingerprint density at radius 3 is 2.15 bits per heavy atom. The number of aromatic nitrogens is 3. The molecule has 0 saturated heterocycles. The smallest absolute Gasteiger partial charge is 0.416 e. The lowest BCUT2D eigenvalue weighted by molar-refractivity contribution is -0.182. The van der Waals surface area contributed by atoms with Gasteiger partial charge in [-0.15, -0.1) is 0 Å². The van der Waals surface area contributed by atoms with Gasteiger partial charge in [0.15, 0.2) is 11.1 Å². The third kappa shape index (κ3) is 4.61. The molecule has 1 aromatic carbocycles. The summed E-state index contributed by atoms with van der Waals surface area (Å²) in [6.45, 7) is -0.838. The Balaban J connectivity index is 2.11. The van der Waals surface area contributed by atoms with E-state index in [2.05, 4.69) is 10.1 Å². The van der Waals surface area contributed by atoms with E-state index in [1.54, 1.807) is 0 Å². The lowest BCUT2D eigenvalue weighted by atomic mass is 9.93. The lowest BCUT2D eigenvalue weighted by Crippen LogP contribution is -2.39. The van der Waals surface area contributed by atoms with Crippen molar-refractivity contribution in [3.8, 4) is 11.8 Å². The second kappa shape index (κ2) is 9.23. The van der Waals surface area contributed by atoms with E-state index in [1.807, 2.05) is 0 Å². The first-order valence-corrected chi connectivity index (χ1v) is 11.2. The van der Waals surface area contributed by atoms with E-state index >= 15 is 0 Å². The first kappa shape index (κ1) is 28.4. The fourth-order valence-corrected chi connectivity index (χ4v) is 4.76. The monoisotopic (exact) mass is 599 g/mol. The van der Waals surface area contributed by atoms with Crippen LogP contribution in [0.1, 0.15) is 28.9 Å². The molecule has 1 aliphatic carbocycles. The summed E-state index contributed by atoms with van der Waals surface area (Å²) in [6, 6.07) is 6.01. The maximum atomic E-state index is 14.6. The van der Waals surface area contributed by atoms with Crippen LogP contribution in [0.25, 0.3) is 5.69 Å². The Labute approximate surface area is 222 Å². The van der Waals surface area contributed by atoms with Crippen molar-refractivity contribution < 1.29 is 45.0 Å². The van der Waals surface area contributed by atoms with Crippen LogP contribution in [0.3, 0.4) is 0 Å². The largest absolute Gasteiger partial charge is 0.465 e. The van der Waals surface area contributed by atoms with Gasteiger partial charge in [-0.05, 0) is 24.3 Å². The van der Waals surface area contributed by atoms with Crippen molar-refractivity contribution in [3.05, 3.63) is 69.1 Å². The van der Waals surface area contributed by atoms with Gasteiger partial charge in [0, 0.05) is 12.6 Å². The number of nitrogens with zero attached hydrogens (tertiary/aromatic N) is 5. The molecular formula is C22H11Cl2F8N5O2. The number of alkyl halides is 8. The van der Waals surface area contributed by atoms with E-state index in [1.165, 1.54) is 30.5 Å². The Kier molecular flexibility index (Phi) is 6.72. The standard InChI is InChI=1S/C22H11Cl2F8N5O2/c23-12-5-10(21(27,28)29)6-13(24)16(12)37-17(36(18(38)39)8-11-3-1-2-4-34-11)15(14(7-33)35-37)19(22(30,31)32)9-20(19,25)26/h1-6H,8-9H2,(H,38,39). The number of carbonyl (C=O) groups is 1. The van der Waals surface area contributed by atoms with Crippen LogP contribution in [0, 0.1) is 11.3 Å². The molecule has 1 fully saturated rings. The summed E-state index contributed by atoms with van der Waals surface area (Å²) in [5.74, 6) is -5.70. The predicted molar refractivity (Wildman–Crippen MR) is 119 cm³/mol. The minimum absolute atomic E-state index is 0.0645. The van der Waals surface area contributed by atoms with Crippen molar-refractivity contribution >= 4 is 35.1 Å². The van der Waals surface area contributed by atoms with Gasteiger partial charge in [0.25, 0.3) is 5.92 Å². The zero-order chi connectivity index (χ0) is 29.1. The summed E-state index contributed by atoms with van der Waals surface area (Å²) in [6.07, 6.45) is -13.3. The summed E-state index contributed by atoms with van der Waals surface area (Å²) in [5.41, 5.74) is -9.03. The topological polar surface area (TPSA) is 95.0 Å². The van der Waals surface area contributed by atoms with Crippen molar-refractivity contribution in [2.75, 3.05) is 4.90 Å². The number of benzene rings is 1. The molecule has 0 radical (unpaired) electrons. The predicted octanol–water partition coefficient (Wildman–Crippen LogP) is 6.99. The molecule has 0 bridgehead atoms. The van der Waals surface area contributed by atoms with Crippen molar-refractivity contribution in [1.82, 2.24) is 14.8 Å². The van der Waals surface area contributed by atoms with Crippen molar-refractivity contribution in [2.24, 2.45) is 0 Å². The van der Waals surface area contributed by atoms with Gasteiger partial charge in [0.05, 0.1) is 33.4 Å². The summed E-state index contributed by atoms with van der Waals surface area (Å²) in [5, 5.41) is 21.4. The van der Waals surface area contributed by atoms with Gasteiger partial charge >= 0.3 is 18.4 Å². The van der Waals surface area contributed by atoms with Crippen LogP contribution in [0.15, 0.2) is 36.5 Å². The molecule has 17 heteroatoms. The molecule has 2 heterocycles. The lowest BCUT2D eigenvalue weighted by Gasteiger charge is -2.26. The molecule has 1 amide bonds. The highest BCUT2D eigenvalue weighted by Gasteiger charge is 2.86. The molecular weight excluding hydrogens is 589 g/mol. The average molecular weight is 600 g/mol. The molecule has 7 nitrogen and oxygen atoms in total. The average Bonchev–Trinajstić information content (AvgIpc) is 3.23. The second-order valence-corrected chi connectivity index (χ2v) is 9.15. The molecule has 2 aromatic heterocycles. The van der Waals surface area contributed by atoms with Crippen LogP contribution >= 0.6 is 23.2 Å². The zero-order valence-electron chi connectivity index (χ0n) is 18.7. The number of pyridine rings is 1. The summed E-state index contributed by atoms with van der Waals surface area (Å²) >= 11 is 12.0. The van der Waals surface area contributed by atoms with E-state index in [-0.39, 0.29) is 15.3 Å². The van der Waals surface area contributed by atoms with E-state index in [4.69, 9.17) is 23.2 Å². The Morgan fingerprint density at radius 1 is 1.15 bits per heavy atom. The third-order valence-corrected chi connectivity index (χ3v) is 6.53. The summed E-state index contributed by atoms with van der Waals surface area (Å²) < 4.78 is 112. The molecule has 1 unspecified atom stereocenters. The number of amides is 1. The van der Waals surface area contributed by atoms with Gasteiger partial charge in [0.1, 0.15) is 17.6 Å². The molecule has 39 heavy (non-hydrogen) atoms. The Morgan fingerprint density at radius 2 is 1.74 bits per heavy atom. The van der Waals surface area contributed by atoms with Crippen LogP contribution in [-0.4, -0.2) is 38.1 Å². The van der Waals surface area contributed by atoms with Crippen molar-refractivity contribution in [3.63, 3.8) is 0 Å². The molecule has 1 aliphatic rings. The van der Waals surface area contributed by atoms with Crippen molar-refractivity contribution in [1.29, 1.82) is 5.26 Å². The van der Waals surface area contributed by atoms with Crippen LogP contribution in [0.5, 0.6) is 0 Å². The summed E-state index contributed by atoms with van der Waals surface area (Å²) in [7, 11) is 0. The van der Waals surface area contributed by atoms with Crippen LogP contribution in [0.2, 0.25) is 10.0 Å². The minimum atomic E-state index is -5.71. The van der Waals surface area contributed by atoms with Gasteiger partial charge in [-0.2, -0.15) is 36.7 Å². The highest BCUT2D eigenvalue weighted by molar-refractivity contribution is 6.38. The molecule has 3 aromatic rings. The van der Waals surface area contributed by atoms with E-state index in [0.29, 0.717) is 12.1 Å².